The molecule has 5 rings (SSSR count). The van der Waals surface area contributed by atoms with E-state index in [-0.39, 0.29) is 45.4 Å². The van der Waals surface area contributed by atoms with Crippen molar-refractivity contribution in [3.63, 3.8) is 0 Å². The number of piperazine rings is 1. The normalized spacial score (nSPS) is 15.3. The molecule has 1 aromatic carbocycles. The third kappa shape index (κ3) is 5.33. The second kappa shape index (κ2) is 11.7. The monoisotopic (exact) mass is 598 g/mol. The van der Waals surface area contributed by atoms with Gasteiger partial charge in [-0.05, 0) is 49.6 Å². The predicted molar refractivity (Wildman–Crippen MR) is 166 cm³/mol. The van der Waals surface area contributed by atoms with Crippen LogP contribution < -0.4 is 10.6 Å². The SMILES string of the molecule is [B]C(=O)c1cccc(F)c1-c1nc2c(cc1Cl)c(N1CCN(C(=O)C=C)C[C@@H]1C)nc(=O)n2-c1c(C)ccnc1C(C)C. The lowest BCUT2D eigenvalue weighted by molar-refractivity contribution is -0.126. The van der Waals surface area contributed by atoms with Gasteiger partial charge in [-0.2, -0.15) is 4.98 Å². The Morgan fingerprint density at radius 2 is 1.95 bits per heavy atom. The van der Waals surface area contributed by atoms with Crippen molar-refractivity contribution >= 4 is 47.9 Å². The Bertz CT molecular complexity index is 1860. The molecule has 218 valence electrons. The molecule has 4 heterocycles. The number of carbonyl (C=O) groups is 2. The van der Waals surface area contributed by atoms with E-state index in [0.717, 1.165) is 5.56 Å². The minimum absolute atomic E-state index is 0.0356. The molecular weight excluding hydrogens is 570 g/mol. The Hall–Kier alpha value is -4.38. The molecule has 2 radical (unpaired) electrons. The van der Waals surface area contributed by atoms with Gasteiger partial charge in [0.2, 0.25) is 5.91 Å². The molecule has 3 aromatic heterocycles. The van der Waals surface area contributed by atoms with Crippen molar-refractivity contribution in [3.05, 3.63) is 87.3 Å². The average Bonchev–Trinajstić information content (AvgIpc) is 2.96. The Morgan fingerprint density at radius 3 is 2.60 bits per heavy atom. The number of hydrogen-bond acceptors (Lipinski definition) is 7. The van der Waals surface area contributed by atoms with E-state index in [1.54, 1.807) is 23.2 Å². The minimum atomic E-state index is -0.855. The molecule has 9 nitrogen and oxygen atoms in total. The maximum absolute atomic E-state index is 15.3. The van der Waals surface area contributed by atoms with Crippen molar-refractivity contribution in [3.8, 4) is 16.9 Å². The number of hydrogen-bond donors (Lipinski definition) is 0. The van der Waals surface area contributed by atoms with E-state index in [1.165, 1.54) is 28.8 Å². The Labute approximate surface area is 254 Å². The number of halogens is 2. The number of nitrogens with zero attached hydrogens (tertiary/aromatic N) is 6. The molecule has 1 saturated heterocycles. The van der Waals surface area contributed by atoms with Crippen LogP contribution in [0, 0.1) is 12.7 Å². The highest BCUT2D eigenvalue weighted by Crippen LogP contribution is 2.37. The molecule has 0 aliphatic carbocycles. The quantitative estimate of drug-likeness (QED) is 0.236. The molecular formula is C31H29BClFN6O3. The lowest BCUT2D eigenvalue weighted by Gasteiger charge is -2.40. The van der Waals surface area contributed by atoms with E-state index < -0.39 is 17.2 Å². The second-order valence-corrected chi connectivity index (χ2v) is 11.2. The number of benzene rings is 1. The molecule has 43 heavy (non-hydrogen) atoms. The van der Waals surface area contributed by atoms with Crippen LogP contribution in [0.2, 0.25) is 5.02 Å². The summed E-state index contributed by atoms with van der Waals surface area (Å²) < 4.78 is 16.7. The fraction of sp³-hybridized carbons (Fsp3) is 0.290. The maximum atomic E-state index is 15.3. The predicted octanol–water partition coefficient (Wildman–Crippen LogP) is 4.60. The lowest BCUT2D eigenvalue weighted by Crippen LogP contribution is -2.54. The number of carbonyl (C=O) groups excluding carboxylic acids is 2. The molecule has 1 amide bonds. The van der Waals surface area contributed by atoms with Crippen LogP contribution in [0.4, 0.5) is 10.2 Å². The van der Waals surface area contributed by atoms with Crippen LogP contribution in [0.15, 0.2) is 54.0 Å². The van der Waals surface area contributed by atoms with Gasteiger partial charge in [-0.1, -0.05) is 44.2 Å². The van der Waals surface area contributed by atoms with Crippen LogP contribution in [0.1, 0.15) is 48.3 Å². The van der Waals surface area contributed by atoms with Crippen molar-refractivity contribution in [2.75, 3.05) is 24.5 Å². The summed E-state index contributed by atoms with van der Waals surface area (Å²) in [6.45, 7) is 12.4. The van der Waals surface area contributed by atoms with E-state index in [2.05, 4.69) is 16.5 Å². The van der Waals surface area contributed by atoms with Gasteiger partial charge in [0.1, 0.15) is 17.3 Å². The van der Waals surface area contributed by atoms with Gasteiger partial charge >= 0.3 is 5.69 Å². The minimum Gasteiger partial charge on any atom is -0.350 e. The van der Waals surface area contributed by atoms with E-state index in [4.69, 9.17) is 24.4 Å². The Balaban J connectivity index is 1.86. The lowest BCUT2D eigenvalue weighted by atomic mass is 9.89. The van der Waals surface area contributed by atoms with Crippen molar-refractivity contribution in [2.24, 2.45) is 0 Å². The number of pyridine rings is 2. The summed E-state index contributed by atoms with van der Waals surface area (Å²) in [4.78, 5) is 56.1. The standard InChI is InChI=1S/C31H29BClFN6O3/c1-6-23(41)38-12-13-39(18(5)15-38)29-20-14-21(33)26(24-19(28(32)42)8-7-9-22(24)34)36-30(20)40(31(43)37-29)27-17(4)10-11-35-25(27)16(2)3/h6-11,14,16,18H,1,12-13,15H2,2-5H3/t18-/m0/s1. The van der Waals surface area contributed by atoms with Gasteiger partial charge in [0.25, 0.3) is 0 Å². The third-order valence-electron chi connectivity index (χ3n) is 7.63. The molecule has 0 bridgehead atoms. The van der Waals surface area contributed by atoms with Gasteiger partial charge in [0, 0.05) is 43.0 Å². The second-order valence-electron chi connectivity index (χ2n) is 10.8. The topological polar surface area (TPSA) is 101 Å². The van der Waals surface area contributed by atoms with E-state index in [1.807, 2.05) is 32.6 Å². The first-order valence-corrected chi connectivity index (χ1v) is 14.2. The smallest absolute Gasteiger partial charge is 0.350 e. The van der Waals surface area contributed by atoms with Crippen LogP contribution in [-0.4, -0.2) is 69.5 Å². The fourth-order valence-corrected chi connectivity index (χ4v) is 5.80. The zero-order valence-corrected chi connectivity index (χ0v) is 25.0. The van der Waals surface area contributed by atoms with E-state index in [9.17, 15) is 14.4 Å². The molecule has 1 aliphatic heterocycles. The zero-order chi connectivity index (χ0) is 31.2. The number of aromatic nitrogens is 4. The van der Waals surface area contributed by atoms with Crippen LogP contribution in [0.3, 0.4) is 0 Å². The Kier molecular flexibility index (Phi) is 8.20. The van der Waals surface area contributed by atoms with Gasteiger partial charge in [-0.25, -0.2) is 18.7 Å². The number of anilines is 1. The van der Waals surface area contributed by atoms with Crippen LogP contribution in [0.25, 0.3) is 28.0 Å². The van der Waals surface area contributed by atoms with Crippen molar-refractivity contribution in [1.82, 2.24) is 24.4 Å². The summed E-state index contributed by atoms with van der Waals surface area (Å²) in [6.07, 6.45) is 2.94. The fourth-order valence-electron chi connectivity index (χ4n) is 5.56. The molecule has 4 aromatic rings. The largest absolute Gasteiger partial charge is 0.355 e. The highest BCUT2D eigenvalue weighted by molar-refractivity contribution is 6.63. The summed E-state index contributed by atoms with van der Waals surface area (Å²) in [5, 5.41) is 0.465. The Morgan fingerprint density at radius 1 is 1.21 bits per heavy atom. The summed E-state index contributed by atoms with van der Waals surface area (Å²) >= 11 is 6.78. The molecule has 0 saturated carbocycles. The molecule has 0 N–H and O–H groups in total. The highest BCUT2D eigenvalue weighted by Gasteiger charge is 2.31. The first-order valence-electron chi connectivity index (χ1n) is 13.8. The molecule has 1 aliphatic rings. The maximum Gasteiger partial charge on any atom is 0.355 e. The summed E-state index contributed by atoms with van der Waals surface area (Å²) in [5.74, 6) is -0.665. The van der Waals surface area contributed by atoms with Crippen molar-refractivity contribution < 1.29 is 14.0 Å². The summed E-state index contributed by atoms with van der Waals surface area (Å²) in [5.41, 5.74) is 0.258. The molecule has 1 fully saturated rings. The first-order chi connectivity index (χ1) is 20.4. The van der Waals surface area contributed by atoms with Crippen LogP contribution in [-0.2, 0) is 4.79 Å². The molecule has 0 spiro atoms. The first kappa shape index (κ1) is 30.1. The zero-order valence-electron chi connectivity index (χ0n) is 24.3. The average molecular weight is 599 g/mol. The molecule has 0 unspecified atom stereocenters. The van der Waals surface area contributed by atoms with E-state index >= 15 is 4.39 Å². The van der Waals surface area contributed by atoms with Crippen molar-refractivity contribution in [2.45, 2.75) is 39.7 Å². The molecule has 1 atom stereocenters. The number of fused-ring (bicyclic) bond motifs is 1. The highest BCUT2D eigenvalue weighted by atomic mass is 35.5. The summed E-state index contributed by atoms with van der Waals surface area (Å²) in [7, 11) is 5.59. The van der Waals surface area contributed by atoms with Gasteiger partial charge in [0.05, 0.1) is 27.5 Å². The van der Waals surface area contributed by atoms with Crippen molar-refractivity contribution in [1.29, 1.82) is 0 Å². The van der Waals surface area contributed by atoms with Gasteiger partial charge in [-0.15, -0.1) is 0 Å². The van der Waals surface area contributed by atoms with Gasteiger partial charge < -0.3 is 14.6 Å². The third-order valence-corrected chi connectivity index (χ3v) is 7.92. The van der Waals surface area contributed by atoms with Gasteiger partial charge in [0.15, 0.2) is 13.5 Å². The molecule has 12 heteroatoms. The number of aryl methyl sites for hydroxylation is 1. The van der Waals surface area contributed by atoms with Crippen LogP contribution >= 0.6 is 11.6 Å². The van der Waals surface area contributed by atoms with E-state index in [0.29, 0.717) is 42.2 Å². The number of rotatable bonds is 6. The summed E-state index contributed by atoms with van der Waals surface area (Å²) in [6, 6.07) is 7.08. The van der Waals surface area contributed by atoms with Crippen LogP contribution in [0.5, 0.6) is 0 Å². The van der Waals surface area contributed by atoms with Gasteiger partial charge in [-0.3, -0.25) is 9.78 Å². The number of amides is 1.